The fraction of sp³-hybridized carbons (Fsp3) is 0.308. The van der Waals surface area contributed by atoms with E-state index in [-0.39, 0.29) is 5.82 Å². The molecular formula is C13H15FN4. The molecule has 1 saturated heterocycles. The summed E-state index contributed by atoms with van der Waals surface area (Å²) in [7, 11) is 0. The van der Waals surface area contributed by atoms with E-state index in [1.807, 2.05) is 12.1 Å². The molecule has 2 aromatic rings. The SMILES string of the molecule is Fc1ccc(-c2ccn[nH]2)cc1N1CCNCC1. The monoisotopic (exact) mass is 246 g/mol. The number of aromatic amines is 1. The maximum absolute atomic E-state index is 13.9. The molecule has 2 heterocycles. The maximum atomic E-state index is 13.9. The van der Waals surface area contributed by atoms with Crippen LogP contribution in [0.1, 0.15) is 0 Å². The summed E-state index contributed by atoms with van der Waals surface area (Å²) in [5.41, 5.74) is 2.54. The zero-order valence-corrected chi connectivity index (χ0v) is 9.99. The van der Waals surface area contributed by atoms with Crippen LogP contribution in [0.5, 0.6) is 0 Å². The van der Waals surface area contributed by atoms with Gasteiger partial charge in [0.25, 0.3) is 0 Å². The number of halogens is 1. The summed E-state index contributed by atoms with van der Waals surface area (Å²) in [5.74, 6) is -0.167. The van der Waals surface area contributed by atoms with Crippen LogP contribution in [0.15, 0.2) is 30.5 Å². The molecule has 0 bridgehead atoms. The molecule has 0 amide bonds. The normalized spacial score (nSPS) is 15.9. The molecule has 1 aromatic carbocycles. The van der Waals surface area contributed by atoms with E-state index in [1.165, 1.54) is 6.07 Å². The molecule has 1 aliphatic rings. The minimum atomic E-state index is -0.167. The van der Waals surface area contributed by atoms with Gasteiger partial charge in [-0.25, -0.2) is 4.39 Å². The summed E-state index contributed by atoms with van der Waals surface area (Å²) < 4.78 is 13.9. The van der Waals surface area contributed by atoms with Gasteiger partial charge < -0.3 is 10.2 Å². The predicted molar refractivity (Wildman–Crippen MR) is 69.1 cm³/mol. The fourth-order valence-corrected chi connectivity index (χ4v) is 2.24. The lowest BCUT2D eigenvalue weighted by molar-refractivity contribution is 0.566. The van der Waals surface area contributed by atoms with Crippen molar-refractivity contribution in [2.45, 2.75) is 0 Å². The van der Waals surface area contributed by atoms with E-state index in [0.717, 1.165) is 37.4 Å². The van der Waals surface area contributed by atoms with Gasteiger partial charge in [-0.05, 0) is 24.3 Å². The first-order valence-electron chi connectivity index (χ1n) is 6.09. The van der Waals surface area contributed by atoms with Crippen molar-refractivity contribution in [2.75, 3.05) is 31.1 Å². The fourth-order valence-electron chi connectivity index (χ4n) is 2.24. The molecule has 18 heavy (non-hydrogen) atoms. The zero-order chi connectivity index (χ0) is 12.4. The molecule has 94 valence electrons. The van der Waals surface area contributed by atoms with E-state index in [1.54, 1.807) is 12.3 Å². The van der Waals surface area contributed by atoms with E-state index >= 15 is 0 Å². The van der Waals surface area contributed by atoms with E-state index < -0.39 is 0 Å². The van der Waals surface area contributed by atoms with Gasteiger partial charge >= 0.3 is 0 Å². The molecule has 0 atom stereocenters. The lowest BCUT2D eigenvalue weighted by Gasteiger charge is -2.30. The molecule has 0 saturated carbocycles. The van der Waals surface area contributed by atoms with Crippen molar-refractivity contribution >= 4 is 5.69 Å². The quantitative estimate of drug-likeness (QED) is 0.846. The molecule has 0 unspecified atom stereocenters. The van der Waals surface area contributed by atoms with Gasteiger partial charge in [0.2, 0.25) is 0 Å². The first-order valence-corrected chi connectivity index (χ1v) is 6.09. The predicted octanol–water partition coefficient (Wildman–Crippen LogP) is 1.63. The van der Waals surface area contributed by atoms with Crippen molar-refractivity contribution in [3.05, 3.63) is 36.3 Å². The molecule has 1 aromatic heterocycles. The van der Waals surface area contributed by atoms with E-state index in [2.05, 4.69) is 20.4 Å². The van der Waals surface area contributed by atoms with Gasteiger partial charge in [0, 0.05) is 37.9 Å². The van der Waals surface area contributed by atoms with Crippen molar-refractivity contribution in [3.8, 4) is 11.3 Å². The molecule has 2 N–H and O–H groups in total. The van der Waals surface area contributed by atoms with Crippen molar-refractivity contribution in [1.29, 1.82) is 0 Å². The highest BCUT2D eigenvalue weighted by Crippen LogP contribution is 2.26. The number of benzene rings is 1. The number of aromatic nitrogens is 2. The second kappa shape index (κ2) is 4.78. The third-order valence-corrected chi connectivity index (χ3v) is 3.22. The Morgan fingerprint density at radius 3 is 2.72 bits per heavy atom. The van der Waals surface area contributed by atoms with Crippen LogP contribution in [0.3, 0.4) is 0 Å². The van der Waals surface area contributed by atoms with Crippen LogP contribution in [0.2, 0.25) is 0 Å². The number of rotatable bonds is 2. The number of anilines is 1. The lowest BCUT2D eigenvalue weighted by atomic mass is 10.1. The van der Waals surface area contributed by atoms with Crippen molar-refractivity contribution in [1.82, 2.24) is 15.5 Å². The summed E-state index contributed by atoms with van der Waals surface area (Å²) in [6.07, 6.45) is 1.70. The zero-order valence-electron chi connectivity index (χ0n) is 9.99. The highest BCUT2D eigenvalue weighted by molar-refractivity contribution is 5.66. The van der Waals surface area contributed by atoms with Gasteiger partial charge in [-0.3, -0.25) is 5.10 Å². The molecule has 0 spiro atoms. The number of piperazine rings is 1. The number of hydrogen-bond acceptors (Lipinski definition) is 3. The van der Waals surface area contributed by atoms with E-state index in [4.69, 9.17) is 0 Å². The molecule has 4 nitrogen and oxygen atoms in total. The first kappa shape index (κ1) is 11.2. The Kier molecular flexibility index (Phi) is 2.98. The highest BCUT2D eigenvalue weighted by atomic mass is 19.1. The smallest absolute Gasteiger partial charge is 0.146 e. The Morgan fingerprint density at radius 2 is 2.00 bits per heavy atom. The Labute approximate surface area is 105 Å². The molecule has 0 aliphatic carbocycles. The summed E-state index contributed by atoms with van der Waals surface area (Å²) in [6, 6.07) is 7.06. The lowest BCUT2D eigenvalue weighted by Crippen LogP contribution is -2.43. The van der Waals surface area contributed by atoms with Gasteiger partial charge in [0.1, 0.15) is 5.82 Å². The maximum Gasteiger partial charge on any atom is 0.146 e. The van der Waals surface area contributed by atoms with Crippen LogP contribution in [0, 0.1) is 5.82 Å². The Morgan fingerprint density at radius 1 is 1.17 bits per heavy atom. The Bertz CT molecular complexity index is 518. The Balaban J connectivity index is 1.95. The number of hydrogen-bond donors (Lipinski definition) is 2. The second-order valence-electron chi connectivity index (χ2n) is 4.37. The summed E-state index contributed by atoms with van der Waals surface area (Å²) in [5, 5.41) is 10.1. The van der Waals surface area contributed by atoms with Crippen LogP contribution in [-0.4, -0.2) is 36.4 Å². The van der Waals surface area contributed by atoms with Gasteiger partial charge in [-0.1, -0.05) is 0 Å². The average Bonchev–Trinajstić information content (AvgIpc) is 2.94. The second-order valence-corrected chi connectivity index (χ2v) is 4.37. The van der Waals surface area contributed by atoms with Crippen LogP contribution >= 0.6 is 0 Å². The standard InChI is InChI=1S/C13H15FN4/c14-11-2-1-10(12-3-4-16-17-12)9-13(11)18-7-5-15-6-8-18/h1-4,9,15H,5-8H2,(H,16,17). The molecule has 3 rings (SSSR count). The summed E-state index contributed by atoms with van der Waals surface area (Å²) >= 11 is 0. The molecule has 0 radical (unpaired) electrons. The van der Waals surface area contributed by atoms with Gasteiger partial charge in [0.15, 0.2) is 0 Å². The van der Waals surface area contributed by atoms with Crippen molar-refractivity contribution in [2.24, 2.45) is 0 Å². The van der Waals surface area contributed by atoms with Crippen LogP contribution in [0.25, 0.3) is 11.3 Å². The van der Waals surface area contributed by atoms with Crippen LogP contribution in [-0.2, 0) is 0 Å². The molecular weight excluding hydrogens is 231 g/mol. The summed E-state index contributed by atoms with van der Waals surface area (Å²) in [6.45, 7) is 3.47. The third-order valence-electron chi connectivity index (χ3n) is 3.22. The number of nitrogens with zero attached hydrogens (tertiary/aromatic N) is 2. The highest BCUT2D eigenvalue weighted by Gasteiger charge is 2.15. The topological polar surface area (TPSA) is 44.0 Å². The van der Waals surface area contributed by atoms with Crippen LogP contribution in [0.4, 0.5) is 10.1 Å². The van der Waals surface area contributed by atoms with Crippen molar-refractivity contribution in [3.63, 3.8) is 0 Å². The Hall–Kier alpha value is -1.88. The minimum absolute atomic E-state index is 0.167. The largest absolute Gasteiger partial charge is 0.367 e. The van der Waals surface area contributed by atoms with Gasteiger partial charge in [-0.2, -0.15) is 5.10 Å². The first-order chi connectivity index (χ1) is 8.84. The molecule has 1 fully saturated rings. The minimum Gasteiger partial charge on any atom is -0.367 e. The third kappa shape index (κ3) is 2.09. The van der Waals surface area contributed by atoms with Crippen LogP contribution < -0.4 is 10.2 Å². The molecule has 1 aliphatic heterocycles. The summed E-state index contributed by atoms with van der Waals surface area (Å²) in [4.78, 5) is 2.08. The molecule has 5 heteroatoms. The van der Waals surface area contributed by atoms with Crippen molar-refractivity contribution < 1.29 is 4.39 Å². The van der Waals surface area contributed by atoms with Gasteiger partial charge in [0.05, 0.1) is 11.4 Å². The average molecular weight is 246 g/mol. The van der Waals surface area contributed by atoms with E-state index in [0.29, 0.717) is 5.69 Å². The number of nitrogens with one attached hydrogen (secondary N) is 2. The van der Waals surface area contributed by atoms with E-state index in [9.17, 15) is 4.39 Å². The van der Waals surface area contributed by atoms with Gasteiger partial charge in [-0.15, -0.1) is 0 Å². The number of H-pyrrole nitrogens is 1.